The van der Waals surface area contributed by atoms with Crippen molar-refractivity contribution in [1.29, 1.82) is 0 Å². The van der Waals surface area contributed by atoms with Crippen LogP contribution in [0.15, 0.2) is 24.4 Å². The van der Waals surface area contributed by atoms with Crippen molar-refractivity contribution in [3.05, 3.63) is 30.1 Å². The van der Waals surface area contributed by atoms with Crippen molar-refractivity contribution in [1.82, 2.24) is 9.88 Å². The lowest BCUT2D eigenvalue weighted by Gasteiger charge is -2.34. The van der Waals surface area contributed by atoms with Crippen molar-refractivity contribution >= 4 is 15.9 Å². The summed E-state index contributed by atoms with van der Waals surface area (Å²) in [5.74, 6) is 0. The van der Waals surface area contributed by atoms with Crippen molar-refractivity contribution in [3.63, 3.8) is 0 Å². The normalized spacial score (nSPS) is 12.1. The highest BCUT2D eigenvalue weighted by Crippen LogP contribution is 2.29. The van der Waals surface area contributed by atoms with Gasteiger partial charge in [-0.2, -0.15) is 0 Å². The summed E-state index contributed by atoms with van der Waals surface area (Å²) in [7, 11) is 2.21. The Morgan fingerprint density at radius 3 is 2.50 bits per heavy atom. The number of pyridine rings is 1. The minimum absolute atomic E-state index is 0.416. The Labute approximate surface area is 120 Å². The molecule has 1 aromatic heterocycles. The third-order valence-electron chi connectivity index (χ3n) is 3.86. The van der Waals surface area contributed by atoms with Crippen LogP contribution in [0.5, 0.6) is 0 Å². The van der Waals surface area contributed by atoms with Crippen LogP contribution in [-0.2, 0) is 6.42 Å². The molecule has 0 radical (unpaired) electrons. The topological polar surface area (TPSA) is 16.1 Å². The summed E-state index contributed by atoms with van der Waals surface area (Å²) in [6, 6.07) is 6.13. The molecule has 1 aromatic rings. The lowest BCUT2D eigenvalue weighted by molar-refractivity contribution is 0.186. The Morgan fingerprint density at radius 2 is 2.00 bits per heavy atom. The lowest BCUT2D eigenvalue weighted by atomic mass is 9.84. The minimum atomic E-state index is 0.416. The first kappa shape index (κ1) is 15.6. The number of hydrogen-bond acceptors (Lipinski definition) is 2. The first-order valence-corrected chi connectivity index (χ1v) is 7.92. The van der Waals surface area contributed by atoms with E-state index in [2.05, 4.69) is 58.8 Å². The van der Waals surface area contributed by atoms with Gasteiger partial charge in [0.05, 0.1) is 0 Å². The van der Waals surface area contributed by atoms with E-state index in [-0.39, 0.29) is 0 Å². The molecule has 0 saturated heterocycles. The molecule has 0 aromatic carbocycles. The molecular formula is C15H25BrN2. The summed E-state index contributed by atoms with van der Waals surface area (Å²) in [5.41, 5.74) is 1.60. The predicted octanol–water partition coefficient (Wildman–Crippen LogP) is 3.76. The Hall–Kier alpha value is -0.410. The smallest absolute Gasteiger partial charge is 0.0416 e. The zero-order chi connectivity index (χ0) is 13.4. The Bertz CT molecular complexity index is 314. The number of nitrogens with zero attached hydrogens (tertiary/aromatic N) is 2. The van der Waals surface area contributed by atoms with Gasteiger partial charge in [-0.25, -0.2) is 0 Å². The summed E-state index contributed by atoms with van der Waals surface area (Å²) >= 11 is 3.68. The van der Waals surface area contributed by atoms with Crippen molar-refractivity contribution in [2.24, 2.45) is 5.41 Å². The van der Waals surface area contributed by atoms with Crippen LogP contribution >= 0.6 is 15.9 Å². The number of alkyl halides is 1. The molecule has 0 aliphatic carbocycles. The van der Waals surface area contributed by atoms with Crippen LogP contribution < -0.4 is 0 Å². The van der Waals surface area contributed by atoms with Crippen molar-refractivity contribution in [2.45, 2.75) is 33.1 Å². The van der Waals surface area contributed by atoms with Crippen molar-refractivity contribution < 1.29 is 0 Å². The molecule has 0 unspecified atom stereocenters. The van der Waals surface area contributed by atoms with Crippen LogP contribution in [0.1, 0.15) is 32.4 Å². The molecule has 0 bridgehead atoms. The molecule has 0 spiro atoms. The number of hydrogen-bond donors (Lipinski definition) is 0. The van der Waals surface area contributed by atoms with Crippen LogP contribution in [0.4, 0.5) is 0 Å². The first-order chi connectivity index (χ1) is 8.65. The van der Waals surface area contributed by atoms with Gasteiger partial charge >= 0.3 is 0 Å². The summed E-state index contributed by atoms with van der Waals surface area (Å²) in [5, 5.41) is 1.08. The third-order valence-corrected chi connectivity index (χ3v) is 5.05. The average molecular weight is 313 g/mol. The van der Waals surface area contributed by atoms with E-state index in [0.717, 1.165) is 24.8 Å². The molecule has 0 fully saturated rings. The molecule has 3 heteroatoms. The van der Waals surface area contributed by atoms with Crippen LogP contribution in [-0.4, -0.2) is 35.4 Å². The van der Waals surface area contributed by atoms with E-state index in [4.69, 9.17) is 0 Å². The predicted molar refractivity (Wildman–Crippen MR) is 82.2 cm³/mol. The fourth-order valence-corrected chi connectivity index (χ4v) is 3.18. The molecule has 0 amide bonds. The molecule has 102 valence electrons. The first-order valence-electron chi connectivity index (χ1n) is 6.80. The molecule has 0 N–H and O–H groups in total. The third kappa shape index (κ3) is 4.69. The lowest BCUT2D eigenvalue weighted by Crippen LogP contribution is -2.37. The van der Waals surface area contributed by atoms with Gasteiger partial charge in [-0.05, 0) is 37.4 Å². The molecule has 0 saturated carbocycles. The van der Waals surface area contributed by atoms with E-state index >= 15 is 0 Å². The molecule has 18 heavy (non-hydrogen) atoms. The van der Waals surface area contributed by atoms with E-state index in [9.17, 15) is 0 Å². The fourth-order valence-electron chi connectivity index (χ4n) is 2.21. The summed E-state index contributed by atoms with van der Waals surface area (Å²) in [4.78, 5) is 6.81. The van der Waals surface area contributed by atoms with E-state index in [1.807, 2.05) is 12.3 Å². The number of rotatable bonds is 8. The highest BCUT2D eigenvalue weighted by atomic mass is 79.9. The largest absolute Gasteiger partial charge is 0.305 e. The number of aromatic nitrogens is 1. The fraction of sp³-hybridized carbons (Fsp3) is 0.667. The molecule has 0 aliphatic rings. The Balaban J connectivity index is 2.43. The maximum atomic E-state index is 4.37. The maximum absolute atomic E-state index is 4.37. The van der Waals surface area contributed by atoms with Gasteiger partial charge in [0, 0.05) is 36.7 Å². The summed E-state index contributed by atoms with van der Waals surface area (Å²) in [6.07, 6.45) is 5.35. The monoisotopic (exact) mass is 312 g/mol. The van der Waals surface area contributed by atoms with Gasteiger partial charge in [0.25, 0.3) is 0 Å². The van der Waals surface area contributed by atoms with E-state index in [1.165, 1.54) is 18.5 Å². The SMILES string of the molecule is CCC(CC)(CBr)CN(C)CCc1ccccn1. The van der Waals surface area contributed by atoms with Crippen LogP contribution in [0.25, 0.3) is 0 Å². The molecule has 2 nitrogen and oxygen atoms in total. The minimum Gasteiger partial charge on any atom is -0.305 e. The molecule has 1 rings (SSSR count). The second kappa shape index (κ2) is 7.90. The quantitative estimate of drug-likeness (QED) is 0.679. The van der Waals surface area contributed by atoms with Gasteiger partial charge < -0.3 is 4.90 Å². The Morgan fingerprint density at radius 1 is 1.28 bits per heavy atom. The maximum Gasteiger partial charge on any atom is 0.0416 e. The van der Waals surface area contributed by atoms with Gasteiger partial charge in [0.1, 0.15) is 0 Å². The van der Waals surface area contributed by atoms with Gasteiger partial charge in [0.2, 0.25) is 0 Å². The Kier molecular flexibility index (Phi) is 6.87. The van der Waals surface area contributed by atoms with Crippen LogP contribution in [0.2, 0.25) is 0 Å². The standard InChI is InChI=1S/C15H25BrN2/c1-4-15(5-2,12-16)13-18(3)11-9-14-8-6-7-10-17-14/h6-8,10H,4-5,9,11-13H2,1-3H3. The van der Waals surface area contributed by atoms with Gasteiger partial charge in [-0.15, -0.1) is 0 Å². The van der Waals surface area contributed by atoms with E-state index < -0.39 is 0 Å². The molecule has 0 atom stereocenters. The van der Waals surface area contributed by atoms with E-state index in [0.29, 0.717) is 5.41 Å². The second-order valence-electron chi connectivity index (χ2n) is 5.15. The molecule has 1 heterocycles. The average Bonchev–Trinajstić information content (AvgIpc) is 2.44. The molecular weight excluding hydrogens is 288 g/mol. The van der Waals surface area contributed by atoms with Crippen LogP contribution in [0, 0.1) is 5.41 Å². The van der Waals surface area contributed by atoms with Crippen molar-refractivity contribution in [3.8, 4) is 0 Å². The number of likely N-dealkylation sites (N-methyl/N-ethyl adjacent to an activating group) is 1. The van der Waals surface area contributed by atoms with Crippen LogP contribution in [0.3, 0.4) is 0 Å². The van der Waals surface area contributed by atoms with Gasteiger partial charge in [-0.3, -0.25) is 4.98 Å². The highest BCUT2D eigenvalue weighted by Gasteiger charge is 2.26. The molecule has 0 aliphatic heterocycles. The van der Waals surface area contributed by atoms with Gasteiger partial charge in [-0.1, -0.05) is 35.8 Å². The summed E-state index contributed by atoms with van der Waals surface area (Å²) < 4.78 is 0. The summed E-state index contributed by atoms with van der Waals surface area (Å²) in [6.45, 7) is 6.80. The highest BCUT2D eigenvalue weighted by molar-refractivity contribution is 9.09. The zero-order valence-corrected chi connectivity index (χ0v) is 13.4. The number of halogens is 1. The zero-order valence-electron chi connectivity index (χ0n) is 11.8. The van der Waals surface area contributed by atoms with E-state index in [1.54, 1.807) is 0 Å². The van der Waals surface area contributed by atoms with Crippen molar-refractivity contribution in [2.75, 3.05) is 25.5 Å². The second-order valence-corrected chi connectivity index (χ2v) is 5.71. The van der Waals surface area contributed by atoms with Gasteiger partial charge in [0.15, 0.2) is 0 Å².